The molecule has 2 unspecified atom stereocenters. The molecule has 0 aromatic carbocycles. The number of nitrogens with zero attached hydrogens (tertiary/aromatic N) is 4. The number of rotatable bonds is 12. The first kappa shape index (κ1) is 29.9. The largest absolute Gasteiger partial charge is 0.490 e. The summed E-state index contributed by atoms with van der Waals surface area (Å²) in [5.41, 5.74) is 1.19. The molecule has 0 aliphatic carbocycles. The minimum Gasteiger partial charge on any atom is -0.392 e. The monoisotopic (exact) mass is 591 g/mol. The van der Waals surface area contributed by atoms with Gasteiger partial charge in [-0.25, -0.2) is 28.6 Å². The molecule has 3 rings (SSSR count). The highest BCUT2D eigenvalue weighted by molar-refractivity contribution is 7.66. The number of aromatic nitrogens is 4. The third-order valence-corrected chi connectivity index (χ3v) is 8.56. The Morgan fingerprint density at radius 1 is 1.11 bits per heavy atom. The average molecular weight is 591 g/mol. The molecule has 6 atom stereocenters. The molecule has 0 radical (unpaired) electrons. The number of anilines is 1. The van der Waals surface area contributed by atoms with E-state index >= 15 is 0 Å². The fourth-order valence-electron chi connectivity index (χ4n) is 3.12. The lowest BCUT2D eigenvalue weighted by molar-refractivity contribution is -0.0503. The molecule has 1 aliphatic rings. The van der Waals surface area contributed by atoms with Crippen LogP contribution in [0.4, 0.5) is 5.82 Å². The zero-order chi connectivity index (χ0) is 27.6. The summed E-state index contributed by atoms with van der Waals surface area (Å²) in [6.07, 6.45) is -1.93. The van der Waals surface area contributed by atoms with Crippen LogP contribution in [0.3, 0.4) is 0 Å². The number of phosphoric acid groups is 3. The van der Waals surface area contributed by atoms with Gasteiger partial charge in [0.15, 0.2) is 23.2 Å². The summed E-state index contributed by atoms with van der Waals surface area (Å²) < 4.78 is 52.5. The quantitative estimate of drug-likeness (QED) is 0.110. The molecule has 22 heteroatoms. The van der Waals surface area contributed by atoms with Gasteiger partial charge in [0.1, 0.15) is 24.6 Å². The van der Waals surface area contributed by atoms with Gasteiger partial charge in [0.25, 0.3) is 0 Å². The molecule has 8 N–H and O–H groups in total. The van der Waals surface area contributed by atoms with Crippen molar-refractivity contribution in [2.45, 2.75) is 31.5 Å². The average Bonchev–Trinajstić information content (AvgIpc) is 3.31. The molecule has 19 nitrogen and oxygen atoms in total. The topological polar surface area (TPSA) is 285 Å². The fraction of sp³-hybridized carbons (Fsp3) is 0.533. The normalized spacial score (nSPS) is 26.2. The standard InChI is InChI=1S/C15H24N5O14P3/c1-8(4-21)2-3-16-13-10-14(18-6-17-13)20(7-19-10)15-12(23)11(22)9(32-15)5-31-36(27,28)34-37(29,30)33-35(24,25)26/h2,6-7,9,11-12,15,21-23H,3-5H2,1H3,(H,27,28)(H,29,30)(H,16,17,18)(H2,24,25,26)/b8-2+/t9-,11-,12-,15-/m1/s1. The Morgan fingerprint density at radius 3 is 2.46 bits per heavy atom. The van der Waals surface area contributed by atoms with Crippen molar-refractivity contribution in [3.8, 4) is 0 Å². The summed E-state index contributed by atoms with van der Waals surface area (Å²) in [6.45, 7) is 0.966. The number of imidazole rings is 1. The summed E-state index contributed by atoms with van der Waals surface area (Å²) >= 11 is 0. The lowest BCUT2D eigenvalue weighted by atomic mass is 10.1. The van der Waals surface area contributed by atoms with Gasteiger partial charge in [-0.2, -0.15) is 8.62 Å². The van der Waals surface area contributed by atoms with Crippen LogP contribution in [0.5, 0.6) is 0 Å². The Kier molecular flexibility index (Phi) is 9.38. The maximum Gasteiger partial charge on any atom is 0.490 e. The Bertz CT molecular complexity index is 1280. The minimum absolute atomic E-state index is 0.113. The number of aliphatic hydroxyl groups excluding tert-OH is 3. The molecule has 37 heavy (non-hydrogen) atoms. The minimum atomic E-state index is -5.73. The van der Waals surface area contributed by atoms with E-state index in [1.54, 1.807) is 13.0 Å². The van der Waals surface area contributed by atoms with Gasteiger partial charge >= 0.3 is 23.5 Å². The second kappa shape index (κ2) is 11.6. The van der Waals surface area contributed by atoms with Crippen LogP contribution < -0.4 is 5.32 Å². The van der Waals surface area contributed by atoms with E-state index in [9.17, 15) is 33.7 Å². The van der Waals surface area contributed by atoms with Crippen LogP contribution in [0.25, 0.3) is 11.2 Å². The van der Waals surface area contributed by atoms with E-state index in [1.807, 2.05) is 0 Å². The lowest BCUT2D eigenvalue weighted by Crippen LogP contribution is -2.33. The Hall–Kier alpha value is -1.66. The Morgan fingerprint density at radius 2 is 1.81 bits per heavy atom. The molecular formula is C15H24N5O14P3. The number of nitrogens with one attached hydrogen (secondary N) is 1. The molecule has 1 saturated heterocycles. The molecule has 0 saturated carbocycles. The zero-order valence-corrected chi connectivity index (χ0v) is 21.5. The maximum atomic E-state index is 11.9. The van der Waals surface area contributed by atoms with Crippen molar-refractivity contribution in [3.63, 3.8) is 0 Å². The van der Waals surface area contributed by atoms with Crippen LogP contribution in [-0.2, 0) is 31.6 Å². The van der Waals surface area contributed by atoms with Gasteiger partial charge in [-0.3, -0.25) is 9.09 Å². The van der Waals surface area contributed by atoms with Gasteiger partial charge < -0.3 is 44.9 Å². The Balaban J connectivity index is 1.70. The van der Waals surface area contributed by atoms with E-state index in [-0.39, 0.29) is 17.8 Å². The van der Waals surface area contributed by atoms with Crippen LogP contribution >= 0.6 is 23.5 Å². The summed E-state index contributed by atoms with van der Waals surface area (Å²) in [5.74, 6) is 0.322. The number of aliphatic hydroxyl groups is 3. The van der Waals surface area contributed by atoms with Gasteiger partial charge in [0.05, 0.1) is 19.5 Å². The molecule has 1 fully saturated rings. The highest BCUT2D eigenvalue weighted by atomic mass is 31.3. The number of ether oxygens (including phenoxy) is 1. The third kappa shape index (κ3) is 7.92. The van der Waals surface area contributed by atoms with Crippen molar-refractivity contribution in [1.29, 1.82) is 0 Å². The maximum absolute atomic E-state index is 11.9. The number of hydrogen-bond acceptors (Lipinski definition) is 14. The van der Waals surface area contributed by atoms with Gasteiger partial charge in [-0.15, -0.1) is 0 Å². The molecule has 2 aromatic rings. The molecule has 208 valence electrons. The highest BCUT2D eigenvalue weighted by Crippen LogP contribution is 2.66. The summed E-state index contributed by atoms with van der Waals surface area (Å²) in [7, 11) is -16.8. The second-order valence-corrected chi connectivity index (χ2v) is 12.0. The van der Waals surface area contributed by atoms with E-state index in [0.29, 0.717) is 12.4 Å². The van der Waals surface area contributed by atoms with Crippen molar-refractivity contribution >= 4 is 40.4 Å². The van der Waals surface area contributed by atoms with Crippen molar-refractivity contribution in [2.75, 3.05) is 25.1 Å². The van der Waals surface area contributed by atoms with Crippen molar-refractivity contribution in [2.24, 2.45) is 0 Å². The predicted octanol–water partition coefficient (Wildman–Crippen LogP) is -0.861. The first-order valence-electron chi connectivity index (χ1n) is 10.1. The zero-order valence-electron chi connectivity index (χ0n) is 18.8. The number of hydrogen-bond donors (Lipinski definition) is 8. The molecule has 0 spiro atoms. The van der Waals surface area contributed by atoms with Crippen LogP contribution in [0, 0.1) is 0 Å². The molecule has 0 amide bonds. The summed E-state index contributed by atoms with van der Waals surface area (Å²) in [6, 6.07) is 0. The van der Waals surface area contributed by atoms with E-state index < -0.39 is 54.6 Å². The van der Waals surface area contributed by atoms with Gasteiger partial charge in [-0.1, -0.05) is 11.6 Å². The van der Waals surface area contributed by atoms with Gasteiger partial charge in [0.2, 0.25) is 0 Å². The third-order valence-electron chi connectivity index (χ3n) is 4.76. The Labute approximate surface area is 207 Å². The smallest absolute Gasteiger partial charge is 0.392 e. The van der Waals surface area contributed by atoms with E-state index in [1.165, 1.54) is 17.2 Å². The highest BCUT2D eigenvalue weighted by Gasteiger charge is 2.47. The van der Waals surface area contributed by atoms with Crippen molar-refractivity contribution < 1.29 is 66.5 Å². The number of fused-ring (bicyclic) bond motifs is 1. The molecular weight excluding hydrogens is 567 g/mol. The molecule has 2 aromatic heterocycles. The molecule has 3 heterocycles. The fourth-order valence-corrected chi connectivity index (χ4v) is 6.15. The predicted molar refractivity (Wildman–Crippen MR) is 120 cm³/mol. The van der Waals surface area contributed by atoms with Crippen molar-refractivity contribution in [1.82, 2.24) is 19.5 Å². The van der Waals surface area contributed by atoms with Crippen LogP contribution in [-0.4, -0.2) is 92.5 Å². The SMILES string of the molecule is C/C(=C\CNc1ncnc2c1ncn2[C@@H]1O[C@H](COP(=O)(O)OP(=O)(O)OP(=O)(O)O)[C@@H](O)[C@H]1O)CO. The van der Waals surface area contributed by atoms with E-state index in [0.717, 1.165) is 5.57 Å². The lowest BCUT2D eigenvalue weighted by Gasteiger charge is -2.19. The molecule has 1 aliphatic heterocycles. The van der Waals surface area contributed by atoms with E-state index in [2.05, 4.69) is 33.4 Å². The van der Waals surface area contributed by atoms with Crippen LogP contribution in [0.2, 0.25) is 0 Å². The number of phosphoric ester groups is 1. The van der Waals surface area contributed by atoms with Gasteiger partial charge in [0, 0.05) is 6.54 Å². The first-order chi connectivity index (χ1) is 17.1. The first-order valence-corrected chi connectivity index (χ1v) is 14.6. The van der Waals surface area contributed by atoms with Crippen LogP contribution in [0.1, 0.15) is 13.2 Å². The molecule has 0 bridgehead atoms. The van der Waals surface area contributed by atoms with E-state index in [4.69, 9.17) is 19.6 Å². The van der Waals surface area contributed by atoms with Crippen molar-refractivity contribution in [3.05, 3.63) is 24.3 Å². The summed E-state index contributed by atoms with van der Waals surface area (Å²) in [5, 5.41) is 32.9. The summed E-state index contributed by atoms with van der Waals surface area (Å²) in [4.78, 5) is 48.3. The van der Waals surface area contributed by atoms with Gasteiger partial charge in [-0.05, 0) is 6.92 Å². The van der Waals surface area contributed by atoms with Crippen LogP contribution in [0.15, 0.2) is 24.3 Å². The second-order valence-electron chi connectivity index (χ2n) is 7.57.